The Balaban J connectivity index is 1.59. The van der Waals surface area contributed by atoms with Crippen molar-refractivity contribution in [3.8, 4) is 0 Å². The number of ether oxygens (including phenoxy) is 1. The van der Waals surface area contributed by atoms with Crippen LogP contribution in [0.5, 0.6) is 0 Å². The fraction of sp³-hybridized carbons (Fsp3) is 0.650. The summed E-state index contributed by atoms with van der Waals surface area (Å²) in [4.78, 5) is 17.1. The molecule has 2 fully saturated rings. The van der Waals surface area contributed by atoms with Crippen LogP contribution in [0.3, 0.4) is 0 Å². The number of piperidine rings is 1. The Labute approximate surface area is 145 Å². The van der Waals surface area contributed by atoms with Crippen molar-refractivity contribution < 1.29 is 9.53 Å². The van der Waals surface area contributed by atoms with E-state index in [0.29, 0.717) is 24.6 Å². The highest BCUT2D eigenvalue weighted by molar-refractivity contribution is 5.67. The molecular formula is C20H30N2O2. The van der Waals surface area contributed by atoms with Crippen LogP contribution in [0.15, 0.2) is 30.3 Å². The smallest absolute Gasteiger partial charge is 0.410 e. The first-order chi connectivity index (χ1) is 11.6. The molecule has 24 heavy (non-hydrogen) atoms. The minimum absolute atomic E-state index is 0.165. The summed E-state index contributed by atoms with van der Waals surface area (Å²) in [5, 5.41) is 0. The third-order valence-corrected chi connectivity index (χ3v) is 5.72. The largest absolute Gasteiger partial charge is 0.445 e. The highest BCUT2D eigenvalue weighted by Crippen LogP contribution is 2.28. The van der Waals surface area contributed by atoms with Crippen molar-refractivity contribution in [2.24, 2.45) is 5.92 Å². The molecule has 4 nitrogen and oxygen atoms in total. The van der Waals surface area contributed by atoms with E-state index in [4.69, 9.17) is 4.74 Å². The highest BCUT2D eigenvalue weighted by Gasteiger charge is 2.33. The van der Waals surface area contributed by atoms with E-state index in [-0.39, 0.29) is 6.09 Å². The van der Waals surface area contributed by atoms with Gasteiger partial charge in [0.25, 0.3) is 0 Å². The summed E-state index contributed by atoms with van der Waals surface area (Å²) in [6.07, 6.45) is 4.81. The van der Waals surface area contributed by atoms with E-state index in [1.807, 2.05) is 35.2 Å². The second-order valence-electron chi connectivity index (χ2n) is 7.38. The van der Waals surface area contributed by atoms with Gasteiger partial charge in [-0.3, -0.25) is 4.90 Å². The molecule has 3 unspecified atom stereocenters. The lowest BCUT2D eigenvalue weighted by Gasteiger charge is -2.45. The minimum Gasteiger partial charge on any atom is -0.445 e. The Bertz CT molecular complexity index is 532. The van der Waals surface area contributed by atoms with Crippen molar-refractivity contribution in [1.82, 2.24) is 9.80 Å². The number of hydrogen-bond donors (Lipinski definition) is 0. The molecule has 2 saturated heterocycles. The Hall–Kier alpha value is -1.55. The molecule has 0 aliphatic carbocycles. The van der Waals surface area contributed by atoms with Gasteiger partial charge in [0.15, 0.2) is 0 Å². The van der Waals surface area contributed by atoms with E-state index in [0.717, 1.165) is 25.1 Å². The first kappa shape index (κ1) is 17.3. The monoisotopic (exact) mass is 330 g/mol. The molecule has 0 spiro atoms. The number of hydrogen-bond acceptors (Lipinski definition) is 3. The summed E-state index contributed by atoms with van der Waals surface area (Å²) in [5.74, 6) is 0.468. The van der Waals surface area contributed by atoms with Crippen LogP contribution in [0.2, 0.25) is 0 Å². The van der Waals surface area contributed by atoms with Gasteiger partial charge in [-0.25, -0.2) is 4.79 Å². The molecule has 0 saturated carbocycles. The molecule has 132 valence electrons. The summed E-state index contributed by atoms with van der Waals surface area (Å²) >= 11 is 0. The number of nitrogens with zero attached hydrogens (tertiary/aromatic N) is 2. The second kappa shape index (κ2) is 8.02. The Kier molecular flexibility index (Phi) is 5.77. The zero-order valence-corrected chi connectivity index (χ0v) is 15.0. The van der Waals surface area contributed by atoms with Gasteiger partial charge in [-0.15, -0.1) is 0 Å². The van der Waals surface area contributed by atoms with Gasteiger partial charge >= 0.3 is 6.09 Å². The maximum atomic E-state index is 12.5. The average Bonchev–Trinajstić information content (AvgIpc) is 2.62. The zero-order chi connectivity index (χ0) is 16.9. The predicted octanol–water partition coefficient (Wildman–Crippen LogP) is 3.91. The highest BCUT2D eigenvalue weighted by atomic mass is 16.6. The second-order valence-corrected chi connectivity index (χ2v) is 7.38. The maximum Gasteiger partial charge on any atom is 0.410 e. The van der Waals surface area contributed by atoms with E-state index in [2.05, 4.69) is 18.7 Å². The quantitative estimate of drug-likeness (QED) is 0.824. The van der Waals surface area contributed by atoms with Gasteiger partial charge in [-0.05, 0) is 44.2 Å². The van der Waals surface area contributed by atoms with Crippen LogP contribution in [-0.2, 0) is 11.3 Å². The molecule has 0 radical (unpaired) electrons. The number of rotatable bonds is 2. The average molecular weight is 330 g/mol. The van der Waals surface area contributed by atoms with Crippen LogP contribution >= 0.6 is 0 Å². The van der Waals surface area contributed by atoms with Gasteiger partial charge in [-0.2, -0.15) is 0 Å². The van der Waals surface area contributed by atoms with Crippen LogP contribution < -0.4 is 0 Å². The summed E-state index contributed by atoms with van der Waals surface area (Å²) in [5.41, 5.74) is 1.04. The topological polar surface area (TPSA) is 32.8 Å². The summed E-state index contributed by atoms with van der Waals surface area (Å²) in [6, 6.07) is 11.1. The first-order valence-corrected chi connectivity index (χ1v) is 9.36. The number of carbonyl (C=O) groups is 1. The molecule has 3 atom stereocenters. The van der Waals surface area contributed by atoms with Crippen molar-refractivity contribution in [3.63, 3.8) is 0 Å². The van der Waals surface area contributed by atoms with Gasteiger partial charge in [0.1, 0.15) is 6.61 Å². The molecule has 3 rings (SSSR count). The Morgan fingerprint density at radius 3 is 2.71 bits per heavy atom. The predicted molar refractivity (Wildman–Crippen MR) is 95.8 cm³/mol. The summed E-state index contributed by atoms with van der Waals surface area (Å²) < 4.78 is 5.56. The third kappa shape index (κ3) is 4.10. The van der Waals surface area contributed by atoms with E-state index in [1.54, 1.807) is 0 Å². The molecule has 0 aromatic heterocycles. The zero-order valence-electron chi connectivity index (χ0n) is 15.0. The number of benzene rings is 1. The van der Waals surface area contributed by atoms with Gasteiger partial charge in [0.2, 0.25) is 0 Å². The Morgan fingerprint density at radius 2 is 1.92 bits per heavy atom. The normalized spacial score (nSPS) is 28.6. The molecular weight excluding hydrogens is 300 g/mol. The maximum absolute atomic E-state index is 12.5. The first-order valence-electron chi connectivity index (χ1n) is 9.36. The van der Waals surface area contributed by atoms with Gasteiger partial charge < -0.3 is 9.64 Å². The SMILES string of the molecule is CC1CN(C(=O)OCc2ccccc2)CCC2CCCCN2C1C. The molecule has 4 heteroatoms. The molecule has 0 bridgehead atoms. The van der Waals surface area contributed by atoms with Crippen LogP contribution in [0.25, 0.3) is 0 Å². The van der Waals surface area contributed by atoms with E-state index < -0.39 is 0 Å². The molecule has 2 heterocycles. The number of fused-ring (bicyclic) bond motifs is 1. The molecule has 1 amide bonds. The van der Waals surface area contributed by atoms with Gasteiger partial charge in [0.05, 0.1) is 0 Å². The lowest BCUT2D eigenvalue weighted by atomic mass is 9.91. The standard InChI is InChI=1S/C20H30N2O2/c1-16-14-21(20(23)24-15-18-8-4-3-5-9-18)13-11-19-10-6-7-12-22(19)17(16)2/h3-5,8-9,16-17,19H,6-7,10-15H2,1-2H3. The lowest BCUT2D eigenvalue weighted by molar-refractivity contribution is 0.0242. The van der Waals surface area contributed by atoms with Crippen molar-refractivity contribution in [1.29, 1.82) is 0 Å². The molecule has 1 aromatic carbocycles. The number of amides is 1. The summed E-state index contributed by atoms with van der Waals surface area (Å²) in [6.45, 7) is 7.76. The molecule has 2 aliphatic heterocycles. The lowest BCUT2D eigenvalue weighted by Crippen LogP contribution is -2.53. The van der Waals surface area contributed by atoms with E-state index >= 15 is 0 Å². The van der Waals surface area contributed by atoms with Crippen LogP contribution in [0, 0.1) is 5.92 Å². The number of carbonyl (C=O) groups excluding carboxylic acids is 1. The summed E-state index contributed by atoms with van der Waals surface area (Å²) in [7, 11) is 0. The fourth-order valence-electron chi connectivity index (χ4n) is 4.07. The van der Waals surface area contributed by atoms with Gasteiger partial charge in [0, 0.05) is 25.2 Å². The van der Waals surface area contributed by atoms with Crippen LogP contribution in [-0.4, -0.2) is 47.6 Å². The van der Waals surface area contributed by atoms with E-state index in [9.17, 15) is 4.79 Å². The molecule has 2 aliphatic rings. The van der Waals surface area contributed by atoms with Crippen LogP contribution in [0.4, 0.5) is 4.79 Å². The van der Waals surface area contributed by atoms with Crippen LogP contribution in [0.1, 0.15) is 45.1 Å². The van der Waals surface area contributed by atoms with Crippen molar-refractivity contribution in [2.75, 3.05) is 19.6 Å². The van der Waals surface area contributed by atoms with Gasteiger partial charge in [-0.1, -0.05) is 43.7 Å². The molecule has 0 N–H and O–H groups in total. The molecule has 1 aromatic rings. The van der Waals surface area contributed by atoms with Crippen molar-refractivity contribution in [2.45, 2.75) is 58.2 Å². The third-order valence-electron chi connectivity index (χ3n) is 5.72. The van der Waals surface area contributed by atoms with Crippen molar-refractivity contribution in [3.05, 3.63) is 35.9 Å². The van der Waals surface area contributed by atoms with Crippen molar-refractivity contribution >= 4 is 6.09 Å². The minimum atomic E-state index is -0.165. The van der Waals surface area contributed by atoms with E-state index in [1.165, 1.54) is 25.8 Å². The fourth-order valence-corrected chi connectivity index (χ4v) is 4.07. The Morgan fingerprint density at radius 1 is 1.12 bits per heavy atom.